The van der Waals surface area contributed by atoms with E-state index in [0.717, 1.165) is 18.9 Å². The number of piperidine rings is 1. The molecule has 21 heavy (non-hydrogen) atoms. The van der Waals surface area contributed by atoms with Crippen LogP contribution in [-0.2, 0) is 4.74 Å². The van der Waals surface area contributed by atoms with Crippen LogP contribution in [0, 0.1) is 5.41 Å². The number of esters is 1. The Kier molecular flexibility index (Phi) is 3.74. The molecule has 1 saturated heterocycles. The molecule has 1 aromatic rings. The van der Waals surface area contributed by atoms with E-state index >= 15 is 0 Å². The molecule has 2 N–H and O–H groups in total. The van der Waals surface area contributed by atoms with Gasteiger partial charge < -0.3 is 15.4 Å². The molecule has 0 aromatic carbocycles. The van der Waals surface area contributed by atoms with Gasteiger partial charge in [0.1, 0.15) is 5.82 Å². The van der Waals surface area contributed by atoms with Crippen molar-refractivity contribution in [3.63, 3.8) is 0 Å². The van der Waals surface area contributed by atoms with Crippen LogP contribution < -0.4 is 10.6 Å². The van der Waals surface area contributed by atoms with Gasteiger partial charge >= 0.3 is 5.97 Å². The second kappa shape index (κ2) is 5.54. The number of hydrogen-bond donors (Lipinski definition) is 1. The summed E-state index contributed by atoms with van der Waals surface area (Å²) < 4.78 is 4.77. The Morgan fingerprint density at radius 1 is 1.29 bits per heavy atom. The van der Waals surface area contributed by atoms with Crippen LogP contribution in [0.5, 0.6) is 0 Å². The van der Waals surface area contributed by atoms with E-state index in [-0.39, 0.29) is 0 Å². The van der Waals surface area contributed by atoms with Crippen LogP contribution in [0.25, 0.3) is 0 Å². The Bertz CT molecular complexity index is 528. The Hall–Kier alpha value is -1.78. The largest absolute Gasteiger partial charge is 0.465 e. The molecule has 3 rings (SSSR count). The Labute approximate surface area is 125 Å². The molecule has 2 heterocycles. The van der Waals surface area contributed by atoms with Crippen LogP contribution in [-0.4, -0.2) is 31.2 Å². The van der Waals surface area contributed by atoms with Crippen LogP contribution in [0.2, 0.25) is 0 Å². The van der Waals surface area contributed by atoms with Crippen molar-refractivity contribution in [1.82, 2.24) is 4.98 Å². The third-order valence-corrected chi connectivity index (χ3v) is 5.14. The van der Waals surface area contributed by atoms with Crippen molar-refractivity contribution in [1.29, 1.82) is 0 Å². The highest BCUT2D eigenvalue weighted by Crippen LogP contribution is 2.46. The van der Waals surface area contributed by atoms with E-state index in [2.05, 4.69) is 9.88 Å². The monoisotopic (exact) mass is 289 g/mol. The Balaban J connectivity index is 1.74. The number of hydrogen-bond acceptors (Lipinski definition) is 5. The number of aromatic nitrogens is 1. The zero-order valence-corrected chi connectivity index (χ0v) is 12.6. The quantitative estimate of drug-likeness (QED) is 0.848. The number of anilines is 2. The summed E-state index contributed by atoms with van der Waals surface area (Å²) in [5.74, 6) is 0.429. The zero-order valence-electron chi connectivity index (χ0n) is 12.6. The number of methoxy groups -OCH3 is 1. The van der Waals surface area contributed by atoms with Crippen LogP contribution in [0.3, 0.4) is 0 Å². The van der Waals surface area contributed by atoms with Crippen molar-refractivity contribution in [2.75, 3.05) is 30.8 Å². The lowest BCUT2D eigenvalue weighted by atomic mass is 9.77. The Morgan fingerprint density at radius 2 is 1.95 bits per heavy atom. The molecule has 1 aliphatic heterocycles. The third-order valence-electron chi connectivity index (χ3n) is 5.14. The summed E-state index contributed by atoms with van der Waals surface area (Å²) in [6.07, 6.45) is 9.53. The van der Waals surface area contributed by atoms with E-state index in [4.69, 9.17) is 10.5 Å². The number of carbonyl (C=O) groups is 1. The zero-order chi connectivity index (χ0) is 14.9. The molecule has 1 spiro atoms. The lowest BCUT2D eigenvalue weighted by Gasteiger charge is -2.40. The van der Waals surface area contributed by atoms with Crippen LogP contribution >= 0.6 is 0 Å². The van der Waals surface area contributed by atoms with E-state index in [0.29, 0.717) is 16.7 Å². The molecule has 0 amide bonds. The number of rotatable bonds is 2. The average Bonchev–Trinajstić information content (AvgIpc) is 2.96. The molecule has 5 heteroatoms. The fraction of sp³-hybridized carbons (Fsp3) is 0.625. The van der Waals surface area contributed by atoms with Gasteiger partial charge in [-0.3, -0.25) is 0 Å². The number of nitrogens with two attached hydrogens (primary N) is 1. The van der Waals surface area contributed by atoms with Crippen LogP contribution in [0.1, 0.15) is 48.9 Å². The van der Waals surface area contributed by atoms with Crippen molar-refractivity contribution < 1.29 is 9.53 Å². The fourth-order valence-corrected chi connectivity index (χ4v) is 3.75. The number of nitrogen functional groups attached to an aromatic ring is 1. The molecule has 2 aliphatic rings. The molecular formula is C16H23N3O2. The molecule has 1 aromatic heterocycles. The SMILES string of the molecule is COC(=O)c1cc(N2CCC3(CCCC3)CC2)ncc1N. The second-order valence-electron chi connectivity index (χ2n) is 6.32. The van der Waals surface area contributed by atoms with Crippen molar-refractivity contribution in [2.24, 2.45) is 5.41 Å². The Morgan fingerprint density at radius 3 is 2.57 bits per heavy atom. The fourth-order valence-electron chi connectivity index (χ4n) is 3.75. The number of carbonyl (C=O) groups excluding carboxylic acids is 1. The second-order valence-corrected chi connectivity index (χ2v) is 6.32. The molecule has 1 aliphatic carbocycles. The first-order valence-electron chi connectivity index (χ1n) is 7.72. The summed E-state index contributed by atoms with van der Waals surface area (Å²) in [7, 11) is 1.37. The predicted molar refractivity (Wildman–Crippen MR) is 82.3 cm³/mol. The summed E-state index contributed by atoms with van der Waals surface area (Å²) in [5.41, 5.74) is 7.16. The topological polar surface area (TPSA) is 68.5 Å². The first-order chi connectivity index (χ1) is 10.1. The van der Waals surface area contributed by atoms with E-state index in [1.807, 2.05) is 0 Å². The molecule has 114 valence electrons. The molecule has 0 atom stereocenters. The molecule has 1 saturated carbocycles. The first kappa shape index (κ1) is 14.2. The van der Waals surface area contributed by atoms with Gasteiger partial charge in [0.2, 0.25) is 0 Å². The van der Waals surface area contributed by atoms with Crippen molar-refractivity contribution >= 4 is 17.5 Å². The van der Waals surface area contributed by atoms with Gasteiger partial charge in [-0.1, -0.05) is 12.8 Å². The maximum atomic E-state index is 11.7. The smallest absolute Gasteiger partial charge is 0.340 e. The van der Waals surface area contributed by atoms with Gasteiger partial charge in [-0.05, 0) is 37.2 Å². The van der Waals surface area contributed by atoms with E-state index < -0.39 is 5.97 Å². The first-order valence-corrected chi connectivity index (χ1v) is 7.72. The van der Waals surface area contributed by atoms with Crippen molar-refractivity contribution in [3.05, 3.63) is 17.8 Å². The van der Waals surface area contributed by atoms with Crippen molar-refractivity contribution in [3.8, 4) is 0 Å². The maximum absolute atomic E-state index is 11.7. The predicted octanol–water partition coefficient (Wildman–Crippen LogP) is 2.61. The number of ether oxygens (including phenoxy) is 1. The van der Waals surface area contributed by atoms with E-state index in [1.165, 1.54) is 45.6 Å². The van der Waals surface area contributed by atoms with Gasteiger partial charge in [-0.25, -0.2) is 9.78 Å². The molecule has 2 fully saturated rings. The summed E-state index contributed by atoms with van der Waals surface area (Å²) >= 11 is 0. The average molecular weight is 289 g/mol. The van der Waals surface area contributed by atoms with Gasteiger partial charge in [0, 0.05) is 13.1 Å². The van der Waals surface area contributed by atoms with Gasteiger partial charge in [0.15, 0.2) is 0 Å². The van der Waals surface area contributed by atoms with Crippen molar-refractivity contribution in [2.45, 2.75) is 38.5 Å². The minimum Gasteiger partial charge on any atom is -0.465 e. The standard InChI is InChI=1S/C16H23N3O2/c1-21-15(20)12-10-14(18-11-13(12)17)19-8-6-16(7-9-19)4-2-3-5-16/h10-11H,2-9,17H2,1H3. The van der Waals surface area contributed by atoms with Gasteiger partial charge in [0.05, 0.1) is 24.6 Å². The molecule has 0 unspecified atom stereocenters. The molecule has 0 radical (unpaired) electrons. The lowest BCUT2D eigenvalue weighted by molar-refractivity contribution is 0.0602. The summed E-state index contributed by atoms with van der Waals surface area (Å²) in [5, 5.41) is 0. The van der Waals surface area contributed by atoms with Gasteiger partial charge in [-0.2, -0.15) is 0 Å². The van der Waals surface area contributed by atoms with Crippen LogP contribution in [0.4, 0.5) is 11.5 Å². The maximum Gasteiger partial charge on any atom is 0.340 e. The van der Waals surface area contributed by atoms with Crippen LogP contribution in [0.15, 0.2) is 12.3 Å². The highest BCUT2D eigenvalue weighted by atomic mass is 16.5. The molecule has 5 nitrogen and oxygen atoms in total. The number of pyridine rings is 1. The summed E-state index contributed by atoms with van der Waals surface area (Å²) in [6, 6.07) is 1.76. The van der Waals surface area contributed by atoms with E-state index in [9.17, 15) is 4.79 Å². The minimum absolute atomic E-state index is 0.370. The number of nitrogens with zero attached hydrogens (tertiary/aromatic N) is 2. The normalized spacial score (nSPS) is 20.7. The highest BCUT2D eigenvalue weighted by Gasteiger charge is 2.37. The lowest BCUT2D eigenvalue weighted by Crippen LogP contribution is -2.39. The van der Waals surface area contributed by atoms with E-state index in [1.54, 1.807) is 12.3 Å². The minimum atomic E-state index is -0.402. The third kappa shape index (κ3) is 2.69. The molecule has 0 bridgehead atoms. The van der Waals surface area contributed by atoms with Gasteiger partial charge in [0.25, 0.3) is 0 Å². The summed E-state index contributed by atoms with van der Waals surface area (Å²) in [6.45, 7) is 2.02. The van der Waals surface area contributed by atoms with Gasteiger partial charge in [-0.15, -0.1) is 0 Å². The highest BCUT2D eigenvalue weighted by molar-refractivity contribution is 5.95. The summed E-state index contributed by atoms with van der Waals surface area (Å²) in [4.78, 5) is 18.4. The molecular weight excluding hydrogens is 266 g/mol.